The lowest BCUT2D eigenvalue weighted by molar-refractivity contribution is 0.256. The first-order valence-electron chi connectivity index (χ1n) is 22.6. The molecule has 2 amide bonds. The number of nitrogens with one attached hydrogen (secondary N) is 2. The average Bonchev–Trinajstić information content (AvgIpc) is 4.09. The number of hydrogen-bond donors (Lipinski definition) is 3. The molecule has 0 spiro atoms. The number of rotatable bonds is 13. The van der Waals surface area contributed by atoms with Gasteiger partial charge in [0.1, 0.15) is 5.75 Å². The summed E-state index contributed by atoms with van der Waals surface area (Å²) in [6.07, 6.45) is 14.7. The molecule has 4 aliphatic rings. The van der Waals surface area contributed by atoms with E-state index in [-0.39, 0.29) is 22.1 Å². The Bertz CT molecular complexity index is 2550. The quantitative estimate of drug-likeness (QED) is 0.123. The number of carbonyl (C=O) groups excluding carboxylic acids is 1. The van der Waals surface area contributed by atoms with Crippen LogP contribution < -0.4 is 19.9 Å². The van der Waals surface area contributed by atoms with Gasteiger partial charge in [0.15, 0.2) is 10.1 Å². The maximum absolute atomic E-state index is 13.0. The number of nitriles is 1. The summed E-state index contributed by atoms with van der Waals surface area (Å²) in [6.45, 7) is 14.8. The van der Waals surface area contributed by atoms with Crippen LogP contribution in [0.25, 0.3) is 0 Å². The third kappa shape index (κ3) is 11.2. The lowest BCUT2D eigenvalue weighted by Crippen LogP contribution is -2.35. The number of ether oxygens (including phenoxy) is 1. The number of urea groups is 1. The Hall–Kier alpha value is -4.80. The van der Waals surface area contributed by atoms with Gasteiger partial charge in [-0.1, -0.05) is 26.0 Å². The molecule has 0 unspecified atom stereocenters. The highest BCUT2D eigenvalue weighted by molar-refractivity contribution is 7.90. The van der Waals surface area contributed by atoms with E-state index in [1.54, 1.807) is 21.5 Å². The molecule has 2 aromatic heterocycles. The van der Waals surface area contributed by atoms with Gasteiger partial charge in [0, 0.05) is 43.0 Å². The van der Waals surface area contributed by atoms with Crippen molar-refractivity contribution in [1.29, 1.82) is 5.26 Å². The number of nitrogens with two attached hydrogens (primary N) is 1. The van der Waals surface area contributed by atoms with E-state index < -0.39 is 26.1 Å². The van der Waals surface area contributed by atoms with Crippen molar-refractivity contribution in [2.45, 2.75) is 154 Å². The molecule has 0 saturated carbocycles. The topological polar surface area (TPSA) is 211 Å². The van der Waals surface area contributed by atoms with Crippen LogP contribution in [0, 0.1) is 11.5 Å². The molecule has 2 heterocycles. The van der Waals surface area contributed by atoms with Crippen molar-refractivity contribution in [3.63, 3.8) is 0 Å². The predicted octanol–water partition coefficient (Wildman–Crippen LogP) is 6.49. The molecule has 4 aliphatic carbocycles. The van der Waals surface area contributed by atoms with Crippen LogP contribution in [0.5, 0.6) is 5.75 Å². The molecule has 348 valence electrons. The molecule has 18 heteroatoms. The predicted molar refractivity (Wildman–Crippen MR) is 247 cm³/mol. The number of anilines is 1. The Balaban J connectivity index is 0.000000178. The van der Waals surface area contributed by atoms with Crippen molar-refractivity contribution < 1.29 is 26.4 Å². The first kappa shape index (κ1) is 48.7. The maximum atomic E-state index is 13.0. The Morgan fingerprint density at radius 1 is 0.719 bits per heavy atom. The van der Waals surface area contributed by atoms with Crippen LogP contribution in [-0.4, -0.2) is 79.4 Å². The molecule has 64 heavy (non-hydrogen) atoms. The zero-order valence-electron chi connectivity index (χ0n) is 38.8. The summed E-state index contributed by atoms with van der Waals surface area (Å²) in [4.78, 5) is 17.0. The number of hydrogen-bond acceptors (Lipinski definition) is 11. The van der Waals surface area contributed by atoms with E-state index in [2.05, 4.69) is 42.2 Å². The second kappa shape index (κ2) is 20.6. The normalized spacial score (nSPS) is 15.0. The zero-order chi connectivity index (χ0) is 46.5. The summed E-state index contributed by atoms with van der Waals surface area (Å²) in [5.74, 6) is 0.903. The molecular weight excluding hydrogens is 853 g/mol. The minimum Gasteiger partial charge on any atom is -0.387 e. The SMILES string of the molecule is CCN(C)Cc1cc(S(=O)(=O)NC(=O)Nc2c3c(cc4c2CCC4)CCC3)nn1C(C)C.CCN(C)Cc1cc(S(N)(=O)=O)nn1C(C)C.N#COc1c2c(cc3c1CCC3)CCC2. The fourth-order valence-electron chi connectivity index (χ4n) is 9.21. The number of amides is 2. The second-order valence-electron chi connectivity index (χ2n) is 17.9. The molecule has 8 rings (SSSR count). The van der Waals surface area contributed by atoms with Crippen LogP contribution in [-0.2, 0) is 84.5 Å². The lowest BCUT2D eigenvalue weighted by Gasteiger charge is -2.16. The third-order valence-electron chi connectivity index (χ3n) is 12.6. The molecule has 0 fully saturated rings. The highest BCUT2D eigenvalue weighted by atomic mass is 32.2. The summed E-state index contributed by atoms with van der Waals surface area (Å²) in [5.41, 5.74) is 12.8. The average molecular weight is 919 g/mol. The fourth-order valence-corrected chi connectivity index (χ4v) is 10.6. The van der Waals surface area contributed by atoms with Crippen molar-refractivity contribution in [1.82, 2.24) is 34.1 Å². The van der Waals surface area contributed by atoms with Gasteiger partial charge >= 0.3 is 6.03 Å². The monoisotopic (exact) mass is 918 g/mol. The van der Waals surface area contributed by atoms with E-state index in [0.29, 0.717) is 13.1 Å². The minimum absolute atomic E-state index is 0.00234. The van der Waals surface area contributed by atoms with Crippen LogP contribution in [0.3, 0.4) is 0 Å². The summed E-state index contributed by atoms with van der Waals surface area (Å²) < 4.78 is 59.3. The summed E-state index contributed by atoms with van der Waals surface area (Å²) in [5, 5.41) is 24.8. The Labute approximate surface area is 379 Å². The number of aromatic nitrogens is 4. The van der Waals surface area contributed by atoms with Gasteiger partial charge in [-0.3, -0.25) is 9.36 Å². The van der Waals surface area contributed by atoms with Gasteiger partial charge in [-0.05, 0) is 176 Å². The van der Waals surface area contributed by atoms with Crippen molar-refractivity contribution in [2.24, 2.45) is 5.14 Å². The van der Waals surface area contributed by atoms with E-state index in [0.717, 1.165) is 111 Å². The zero-order valence-corrected chi connectivity index (χ0v) is 40.4. The van der Waals surface area contributed by atoms with E-state index >= 15 is 0 Å². The highest BCUT2D eigenvalue weighted by Gasteiger charge is 2.29. The first-order chi connectivity index (χ1) is 30.3. The molecular formula is C46H66N10O6S2. The molecule has 0 bridgehead atoms. The van der Waals surface area contributed by atoms with Crippen LogP contribution in [0.15, 0.2) is 34.3 Å². The number of nitrogens with zero attached hydrogens (tertiary/aromatic N) is 7. The summed E-state index contributed by atoms with van der Waals surface area (Å²) >= 11 is 0. The van der Waals surface area contributed by atoms with Gasteiger partial charge in [0.2, 0.25) is 0 Å². The van der Waals surface area contributed by atoms with E-state index in [4.69, 9.17) is 15.1 Å². The van der Waals surface area contributed by atoms with Crippen LogP contribution in [0.4, 0.5) is 10.5 Å². The van der Waals surface area contributed by atoms with Gasteiger partial charge < -0.3 is 19.9 Å². The van der Waals surface area contributed by atoms with Crippen molar-refractivity contribution in [2.75, 3.05) is 32.5 Å². The summed E-state index contributed by atoms with van der Waals surface area (Å²) in [7, 11) is -3.90. The Morgan fingerprint density at radius 3 is 1.53 bits per heavy atom. The lowest BCUT2D eigenvalue weighted by atomic mass is 9.99. The number of carbonyl (C=O) groups is 1. The summed E-state index contributed by atoms with van der Waals surface area (Å²) in [6, 6.07) is 7.09. The first-order valence-corrected chi connectivity index (χ1v) is 25.7. The molecule has 4 N–H and O–H groups in total. The van der Waals surface area contributed by atoms with Gasteiger partial charge in [0.25, 0.3) is 26.3 Å². The number of benzene rings is 2. The van der Waals surface area contributed by atoms with Crippen LogP contribution in [0.1, 0.15) is 135 Å². The second-order valence-corrected chi connectivity index (χ2v) is 21.0. The van der Waals surface area contributed by atoms with E-state index in [1.165, 1.54) is 46.2 Å². The number of fused-ring (bicyclic) bond motifs is 4. The van der Waals surface area contributed by atoms with Crippen molar-refractivity contribution >= 4 is 31.8 Å². The fraction of sp³-hybridized carbons (Fsp3) is 0.565. The number of aryl methyl sites for hydroxylation is 4. The molecule has 0 radical (unpaired) electrons. The Morgan fingerprint density at radius 2 is 1.12 bits per heavy atom. The highest BCUT2D eigenvalue weighted by Crippen LogP contribution is 2.41. The van der Waals surface area contributed by atoms with Crippen LogP contribution in [0.2, 0.25) is 0 Å². The Kier molecular flexibility index (Phi) is 15.6. The largest absolute Gasteiger partial charge is 0.387 e. The maximum Gasteiger partial charge on any atom is 0.333 e. The van der Waals surface area contributed by atoms with Gasteiger partial charge in [0.05, 0.1) is 11.4 Å². The van der Waals surface area contributed by atoms with Crippen molar-refractivity contribution in [3.8, 4) is 12.0 Å². The molecule has 2 aromatic carbocycles. The standard InChI is InChI=1S/C23H33N5O3S.C13H13NO.C10H20N4O2S/c1-5-27(4)14-18-13-21(25-28(18)15(2)3)32(30,31)26-23(29)24-22-19-10-6-8-16(19)12-17-9-7-11-20(17)22;14-8-15-13-11-5-1-3-9(11)7-10-4-2-6-12(10)13;1-5-13(4)7-9-6-10(17(11,15)16)12-14(9)8(2)3/h12-13,15H,5-11,14H2,1-4H3,(H2,24,26,29);7H,1-6H2;6,8H,5,7H2,1-4H3,(H2,11,15,16). The van der Waals surface area contributed by atoms with Gasteiger partial charge in [-0.15, -0.1) is 5.26 Å². The molecule has 16 nitrogen and oxygen atoms in total. The molecule has 0 aliphatic heterocycles. The van der Waals surface area contributed by atoms with Gasteiger partial charge in [-0.25, -0.2) is 23.1 Å². The molecule has 0 atom stereocenters. The number of sulfonamides is 2. The molecule has 4 aromatic rings. The smallest absolute Gasteiger partial charge is 0.333 e. The van der Waals surface area contributed by atoms with Gasteiger partial charge in [-0.2, -0.15) is 18.6 Å². The van der Waals surface area contributed by atoms with E-state index in [1.807, 2.05) is 61.9 Å². The van der Waals surface area contributed by atoms with Crippen LogP contribution >= 0.6 is 0 Å². The minimum atomic E-state index is -4.10. The third-order valence-corrected chi connectivity index (χ3v) is 14.6. The van der Waals surface area contributed by atoms with E-state index in [9.17, 15) is 21.6 Å². The van der Waals surface area contributed by atoms with Crippen molar-refractivity contribution in [3.05, 3.63) is 80.2 Å². The number of primary sulfonamides is 1. The molecule has 0 saturated heterocycles.